The van der Waals surface area contributed by atoms with E-state index in [4.69, 9.17) is 5.73 Å². The summed E-state index contributed by atoms with van der Waals surface area (Å²) in [5, 5.41) is 9.77. The first kappa shape index (κ1) is 15.6. The maximum atomic E-state index is 12.3. The third kappa shape index (κ3) is 3.44. The quantitative estimate of drug-likeness (QED) is 0.790. The van der Waals surface area contributed by atoms with Crippen LogP contribution in [0.5, 0.6) is 0 Å². The van der Waals surface area contributed by atoms with Gasteiger partial charge in [-0.3, -0.25) is 9.89 Å². The van der Waals surface area contributed by atoms with Gasteiger partial charge in [-0.25, -0.2) is 0 Å². The summed E-state index contributed by atoms with van der Waals surface area (Å²) in [4.78, 5) is 12.3. The second kappa shape index (κ2) is 6.30. The number of hydrogen-bond donors (Lipinski definition) is 3. The van der Waals surface area contributed by atoms with Crippen molar-refractivity contribution >= 4 is 27.5 Å². The van der Waals surface area contributed by atoms with Crippen molar-refractivity contribution in [3.05, 3.63) is 45.7 Å². The zero-order chi connectivity index (χ0) is 15.6. The molecule has 0 saturated heterocycles. The number of amides is 1. The summed E-state index contributed by atoms with van der Waals surface area (Å²) in [6, 6.07) is 7.68. The fraction of sp³-hybridized carbons (Fsp3) is 0.333. The lowest BCUT2D eigenvalue weighted by Crippen LogP contribution is -2.27. The van der Waals surface area contributed by atoms with Gasteiger partial charge in [0.2, 0.25) is 0 Å². The number of nitrogens with zero attached hydrogens (tertiary/aromatic N) is 1. The topological polar surface area (TPSA) is 83.8 Å². The van der Waals surface area contributed by atoms with E-state index in [0.29, 0.717) is 5.69 Å². The van der Waals surface area contributed by atoms with Gasteiger partial charge in [0.25, 0.3) is 5.91 Å². The largest absolute Gasteiger partial charge is 0.395 e. The Morgan fingerprint density at radius 3 is 2.43 bits per heavy atom. The van der Waals surface area contributed by atoms with E-state index in [9.17, 15) is 4.79 Å². The van der Waals surface area contributed by atoms with E-state index in [1.54, 1.807) is 0 Å². The maximum Gasteiger partial charge on any atom is 0.274 e. The van der Waals surface area contributed by atoms with Crippen LogP contribution >= 0.6 is 15.9 Å². The zero-order valence-electron chi connectivity index (χ0n) is 12.3. The van der Waals surface area contributed by atoms with Gasteiger partial charge in [0.1, 0.15) is 0 Å². The van der Waals surface area contributed by atoms with Crippen LogP contribution in [0.2, 0.25) is 0 Å². The summed E-state index contributed by atoms with van der Waals surface area (Å²) in [6.45, 7) is 5.92. The highest BCUT2D eigenvalue weighted by Crippen LogP contribution is 2.23. The van der Waals surface area contributed by atoms with Gasteiger partial charge in [0.15, 0.2) is 5.69 Å². The number of halogens is 1. The SMILES string of the molecule is CC(C)c1[nH]nc(C(=O)NC(C)c2ccc(Br)cc2)c1N. The van der Waals surface area contributed by atoms with Crippen LogP contribution in [-0.4, -0.2) is 16.1 Å². The number of nitrogen functional groups attached to an aromatic ring is 1. The summed E-state index contributed by atoms with van der Waals surface area (Å²) in [6.07, 6.45) is 0. The molecule has 112 valence electrons. The van der Waals surface area contributed by atoms with Crippen molar-refractivity contribution in [2.45, 2.75) is 32.7 Å². The molecule has 2 rings (SSSR count). The summed E-state index contributed by atoms with van der Waals surface area (Å²) in [7, 11) is 0. The standard InChI is InChI=1S/C15H19BrN4O/c1-8(2)13-12(17)14(20-19-13)15(21)18-9(3)10-4-6-11(16)7-5-10/h4-9H,17H2,1-3H3,(H,18,21)(H,19,20). The number of aromatic amines is 1. The molecule has 1 aromatic carbocycles. The number of aromatic nitrogens is 2. The van der Waals surface area contributed by atoms with Crippen LogP contribution in [0.1, 0.15) is 54.5 Å². The monoisotopic (exact) mass is 350 g/mol. The summed E-state index contributed by atoms with van der Waals surface area (Å²) < 4.78 is 1.00. The molecule has 6 heteroatoms. The molecule has 1 atom stereocenters. The molecular formula is C15H19BrN4O. The van der Waals surface area contributed by atoms with Crippen molar-refractivity contribution < 1.29 is 4.79 Å². The molecule has 0 aliphatic carbocycles. The molecule has 1 amide bonds. The fourth-order valence-corrected chi connectivity index (χ4v) is 2.34. The number of hydrogen-bond acceptors (Lipinski definition) is 3. The zero-order valence-corrected chi connectivity index (χ0v) is 13.9. The minimum absolute atomic E-state index is 0.121. The molecule has 2 aromatic rings. The number of anilines is 1. The molecule has 0 saturated carbocycles. The first-order chi connectivity index (χ1) is 9.90. The van der Waals surface area contributed by atoms with E-state index >= 15 is 0 Å². The van der Waals surface area contributed by atoms with E-state index in [2.05, 4.69) is 31.4 Å². The molecule has 5 nitrogen and oxygen atoms in total. The number of benzene rings is 1. The number of nitrogens with two attached hydrogens (primary N) is 1. The molecular weight excluding hydrogens is 332 g/mol. The van der Waals surface area contributed by atoms with E-state index in [1.165, 1.54) is 0 Å². The van der Waals surface area contributed by atoms with Crippen molar-refractivity contribution in [2.75, 3.05) is 5.73 Å². The normalized spacial score (nSPS) is 12.4. The number of carbonyl (C=O) groups is 1. The molecule has 1 unspecified atom stereocenters. The lowest BCUT2D eigenvalue weighted by Gasteiger charge is -2.14. The van der Waals surface area contributed by atoms with Gasteiger partial charge in [0, 0.05) is 4.47 Å². The molecule has 0 spiro atoms. The van der Waals surface area contributed by atoms with E-state index < -0.39 is 0 Å². The van der Waals surface area contributed by atoms with Crippen molar-refractivity contribution in [1.29, 1.82) is 0 Å². The average Bonchev–Trinajstić information content (AvgIpc) is 2.81. The molecule has 1 heterocycles. The van der Waals surface area contributed by atoms with Gasteiger partial charge in [-0.05, 0) is 30.5 Å². The third-order valence-corrected chi connectivity index (χ3v) is 3.87. The molecule has 21 heavy (non-hydrogen) atoms. The minimum atomic E-state index is -0.272. The Bertz CT molecular complexity index is 634. The predicted molar refractivity (Wildman–Crippen MR) is 87.1 cm³/mol. The van der Waals surface area contributed by atoms with Gasteiger partial charge in [-0.2, -0.15) is 5.10 Å². The Kier molecular flexibility index (Phi) is 4.67. The van der Waals surface area contributed by atoms with Crippen molar-refractivity contribution in [3.63, 3.8) is 0 Å². The van der Waals surface area contributed by atoms with Crippen molar-refractivity contribution in [2.24, 2.45) is 0 Å². The van der Waals surface area contributed by atoms with E-state index in [0.717, 1.165) is 15.7 Å². The maximum absolute atomic E-state index is 12.3. The highest BCUT2D eigenvalue weighted by Gasteiger charge is 2.20. The second-order valence-electron chi connectivity index (χ2n) is 5.30. The predicted octanol–water partition coefficient (Wildman–Crippen LogP) is 3.37. The van der Waals surface area contributed by atoms with Gasteiger partial charge in [0.05, 0.1) is 17.4 Å². The van der Waals surface area contributed by atoms with Crippen molar-refractivity contribution in [3.8, 4) is 0 Å². The van der Waals surface area contributed by atoms with Crippen LogP contribution in [0.25, 0.3) is 0 Å². The van der Waals surface area contributed by atoms with Gasteiger partial charge < -0.3 is 11.1 Å². The van der Waals surface area contributed by atoms with Gasteiger partial charge in [-0.1, -0.05) is 41.9 Å². The Balaban J connectivity index is 2.12. The Morgan fingerprint density at radius 2 is 1.90 bits per heavy atom. The second-order valence-corrected chi connectivity index (χ2v) is 6.22. The van der Waals surface area contributed by atoms with Crippen molar-refractivity contribution in [1.82, 2.24) is 15.5 Å². The number of H-pyrrole nitrogens is 1. The first-order valence-corrected chi connectivity index (χ1v) is 7.59. The van der Waals surface area contributed by atoms with Crippen LogP contribution in [0.3, 0.4) is 0 Å². The molecule has 0 fully saturated rings. The molecule has 0 radical (unpaired) electrons. The number of rotatable bonds is 4. The van der Waals surface area contributed by atoms with E-state index in [1.807, 2.05) is 45.0 Å². The molecule has 1 aromatic heterocycles. The fourth-order valence-electron chi connectivity index (χ4n) is 2.08. The molecule has 0 aliphatic rings. The van der Waals surface area contributed by atoms with Crippen LogP contribution < -0.4 is 11.1 Å². The number of nitrogens with one attached hydrogen (secondary N) is 2. The molecule has 0 bridgehead atoms. The Hall–Kier alpha value is -1.82. The van der Waals surface area contributed by atoms with Gasteiger partial charge >= 0.3 is 0 Å². The number of carbonyl (C=O) groups excluding carboxylic acids is 1. The lowest BCUT2D eigenvalue weighted by atomic mass is 10.1. The Labute approximate surface area is 132 Å². The smallest absolute Gasteiger partial charge is 0.274 e. The highest BCUT2D eigenvalue weighted by atomic mass is 79.9. The van der Waals surface area contributed by atoms with Crippen LogP contribution in [0.15, 0.2) is 28.7 Å². The third-order valence-electron chi connectivity index (χ3n) is 3.34. The Morgan fingerprint density at radius 1 is 1.29 bits per heavy atom. The highest BCUT2D eigenvalue weighted by molar-refractivity contribution is 9.10. The average molecular weight is 351 g/mol. The summed E-state index contributed by atoms with van der Waals surface area (Å²) in [5.74, 6) is -0.0750. The molecule has 0 aliphatic heterocycles. The van der Waals surface area contributed by atoms with Crippen LogP contribution in [0, 0.1) is 0 Å². The van der Waals surface area contributed by atoms with Crippen LogP contribution in [-0.2, 0) is 0 Å². The van der Waals surface area contributed by atoms with Gasteiger partial charge in [-0.15, -0.1) is 0 Å². The van der Waals surface area contributed by atoms with Crippen LogP contribution in [0.4, 0.5) is 5.69 Å². The molecule has 4 N–H and O–H groups in total. The van der Waals surface area contributed by atoms with E-state index in [-0.39, 0.29) is 23.6 Å². The lowest BCUT2D eigenvalue weighted by molar-refractivity contribution is 0.0935. The summed E-state index contributed by atoms with van der Waals surface area (Å²) >= 11 is 3.39. The first-order valence-electron chi connectivity index (χ1n) is 6.80. The summed E-state index contributed by atoms with van der Waals surface area (Å²) in [5.41, 5.74) is 8.46. The minimum Gasteiger partial charge on any atom is -0.395 e.